The van der Waals surface area contributed by atoms with Gasteiger partial charge in [0.05, 0.1) is 14.2 Å². The topological polar surface area (TPSA) is 62.3 Å². The zero-order chi connectivity index (χ0) is 15.2. The van der Waals surface area contributed by atoms with Crippen molar-refractivity contribution < 1.29 is 9.47 Å². The SMILES string of the molecule is CCn1c(CCN)cnc1Cc1ccc(OC)c(OC)c1. The Bertz CT molecular complexity index is 593. The molecule has 0 radical (unpaired) electrons. The number of hydrogen-bond donors (Lipinski definition) is 1. The van der Waals surface area contributed by atoms with Crippen molar-refractivity contribution in [1.29, 1.82) is 0 Å². The van der Waals surface area contributed by atoms with Crippen molar-refractivity contribution in [2.45, 2.75) is 26.3 Å². The number of aromatic nitrogens is 2. The van der Waals surface area contributed by atoms with Crippen molar-refractivity contribution in [1.82, 2.24) is 9.55 Å². The third-order valence-electron chi connectivity index (χ3n) is 3.55. The van der Waals surface area contributed by atoms with Gasteiger partial charge in [-0.05, 0) is 31.2 Å². The highest BCUT2D eigenvalue weighted by molar-refractivity contribution is 5.43. The molecule has 0 unspecified atom stereocenters. The Balaban J connectivity index is 2.25. The summed E-state index contributed by atoms with van der Waals surface area (Å²) in [6.07, 6.45) is 3.54. The third-order valence-corrected chi connectivity index (χ3v) is 3.55. The summed E-state index contributed by atoms with van der Waals surface area (Å²) in [5.41, 5.74) is 7.98. The quantitative estimate of drug-likeness (QED) is 0.847. The Morgan fingerprint density at radius 1 is 1.19 bits per heavy atom. The highest BCUT2D eigenvalue weighted by atomic mass is 16.5. The van der Waals surface area contributed by atoms with Gasteiger partial charge >= 0.3 is 0 Å². The normalized spacial score (nSPS) is 10.7. The summed E-state index contributed by atoms with van der Waals surface area (Å²) in [6.45, 7) is 3.67. The van der Waals surface area contributed by atoms with Crippen molar-refractivity contribution in [3.05, 3.63) is 41.5 Å². The van der Waals surface area contributed by atoms with Crippen molar-refractivity contribution in [3.63, 3.8) is 0 Å². The first-order chi connectivity index (χ1) is 10.2. The molecule has 0 aliphatic carbocycles. The van der Waals surface area contributed by atoms with E-state index < -0.39 is 0 Å². The molecular formula is C16H23N3O2. The van der Waals surface area contributed by atoms with E-state index in [-0.39, 0.29) is 0 Å². The van der Waals surface area contributed by atoms with E-state index in [1.807, 2.05) is 24.4 Å². The van der Waals surface area contributed by atoms with Gasteiger partial charge in [0, 0.05) is 31.3 Å². The summed E-state index contributed by atoms with van der Waals surface area (Å²) < 4.78 is 12.8. The predicted molar refractivity (Wildman–Crippen MR) is 83.0 cm³/mol. The van der Waals surface area contributed by atoms with Crippen LogP contribution in [0.25, 0.3) is 0 Å². The molecule has 0 saturated heterocycles. The Kier molecular flexibility index (Phi) is 5.22. The minimum Gasteiger partial charge on any atom is -0.493 e. The summed E-state index contributed by atoms with van der Waals surface area (Å²) in [7, 11) is 3.29. The fourth-order valence-corrected chi connectivity index (χ4v) is 2.50. The summed E-state index contributed by atoms with van der Waals surface area (Å²) in [5.74, 6) is 2.53. The van der Waals surface area contributed by atoms with Gasteiger partial charge in [-0.15, -0.1) is 0 Å². The molecule has 0 aliphatic rings. The molecule has 2 aromatic rings. The van der Waals surface area contributed by atoms with Crippen molar-refractivity contribution in [2.24, 2.45) is 5.73 Å². The average Bonchev–Trinajstić information content (AvgIpc) is 2.89. The molecule has 1 aromatic heterocycles. The second kappa shape index (κ2) is 7.13. The summed E-state index contributed by atoms with van der Waals surface area (Å²) >= 11 is 0. The highest BCUT2D eigenvalue weighted by Gasteiger charge is 2.11. The highest BCUT2D eigenvalue weighted by Crippen LogP contribution is 2.28. The first kappa shape index (κ1) is 15.4. The van der Waals surface area contributed by atoms with E-state index in [1.165, 1.54) is 5.69 Å². The van der Waals surface area contributed by atoms with Gasteiger partial charge in [-0.1, -0.05) is 6.07 Å². The smallest absolute Gasteiger partial charge is 0.161 e. The third kappa shape index (κ3) is 3.36. The lowest BCUT2D eigenvalue weighted by Gasteiger charge is -2.11. The molecule has 5 heteroatoms. The number of methoxy groups -OCH3 is 2. The largest absolute Gasteiger partial charge is 0.493 e. The fraction of sp³-hybridized carbons (Fsp3) is 0.438. The second-order valence-electron chi connectivity index (χ2n) is 4.81. The molecule has 21 heavy (non-hydrogen) atoms. The minimum atomic E-state index is 0.640. The van der Waals surface area contributed by atoms with Crippen LogP contribution in [0.4, 0.5) is 0 Å². The zero-order valence-electron chi connectivity index (χ0n) is 12.9. The van der Waals surface area contributed by atoms with Crippen LogP contribution in [0.5, 0.6) is 11.5 Å². The van der Waals surface area contributed by atoms with Crippen LogP contribution in [0.2, 0.25) is 0 Å². The van der Waals surface area contributed by atoms with Crippen LogP contribution in [-0.4, -0.2) is 30.3 Å². The summed E-state index contributed by atoms with van der Waals surface area (Å²) in [5, 5.41) is 0. The van der Waals surface area contributed by atoms with Gasteiger partial charge < -0.3 is 19.8 Å². The average molecular weight is 289 g/mol. The number of hydrogen-bond acceptors (Lipinski definition) is 4. The Labute approximate surface area is 125 Å². The maximum atomic E-state index is 5.64. The van der Waals surface area contributed by atoms with E-state index in [0.29, 0.717) is 6.54 Å². The van der Waals surface area contributed by atoms with E-state index in [2.05, 4.69) is 16.5 Å². The van der Waals surface area contributed by atoms with E-state index >= 15 is 0 Å². The first-order valence-electron chi connectivity index (χ1n) is 7.17. The van der Waals surface area contributed by atoms with Crippen LogP contribution in [0.3, 0.4) is 0 Å². The molecule has 0 amide bonds. The maximum absolute atomic E-state index is 5.64. The number of imidazole rings is 1. The maximum Gasteiger partial charge on any atom is 0.161 e. The zero-order valence-corrected chi connectivity index (χ0v) is 12.9. The monoisotopic (exact) mass is 289 g/mol. The molecule has 0 aliphatic heterocycles. The molecule has 114 valence electrons. The second-order valence-corrected chi connectivity index (χ2v) is 4.81. The lowest BCUT2D eigenvalue weighted by Crippen LogP contribution is -2.10. The molecule has 1 heterocycles. The van der Waals surface area contributed by atoms with Gasteiger partial charge in [0.15, 0.2) is 11.5 Å². The van der Waals surface area contributed by atoms with Gasteiger partial charge in [-0.2, -0.15) is 0 Å². The molecule has 0 spiro atoms. The number of nitrogens with two attached hydrogens (primary N) is 1. The lowest BCUT2D eigenvalue weighted by molar-refractivity contribution is 0.354. The van der Waals surface area contributed by atoms with Crippen LogP contribution in [0.1, 0.15) is 24.0 Å². The first-order valence-corrected chi connectivity index (χ1v) is 7.17. The molecule has 2 N–H and O–H groups in total. The molecule has 1 aromatic carbocycles. The van der Waals surface area contributed by atoms with Crippen molar-refractivity contribution in [3.8, 4) is 11.5 Å². The molecule has 0 saturated carbocycles. The van der Waals surface area contributed by atoms with Gasteiger partial charge in [0.2, 0.25) is 0 Å². The Morgan fingerprint density at radius 2 is 1.95 bits per heavy atom. The Morgan fingerprint density at radius 3 is 2.57 bits per heavy atom. The van der Waals surface area contributed by atoms with E-state index in [0.717, 1.165) is 42.3 Å². The van der Waals surface area contributed by atoms with Crippen LogP contribution in [-0.2, 0) is 19.4 Å². The van der Waals surface area contributed by atoms with Crippen LogP contribution in [0.15, 0.2) is 24.4 Å². The summed E-state index contributed by atoms with van der Waals surface area (Å²) in [6, 6.07) is 5.96. The van der Waals surface area contributed by atoms with Crippen molar-refractivity contribution >= 4 is 0 Å². The molecule has 0 fully saturated rings. The van der Waals surface area contributed by atoms with E-state index in [1.54, 1.807) is 14.2 Å². The Hall–Kier alpha value is -2.01. The summed E-state index contributed by atoms with van der Waals surface area (Å²) in [4.78, 5) is 4.53. The number of nitrogens with zero attached hydrogens (tertiary/aromatic N) is 2. The number of rotatable bonds is 7. The minimum absolute atomic E-state index is 0.640. The van der Waals surface area contributed by atoms with Crippen molar-refractivity contribution in [2.75, 3.05) is 20.8 Å². The molecule has 0 bridgehead atoms. The van der Waals surface area contributed by atoms with E-state index in [4.69, 9.17) is 15.2 Å². The molecule has 0 atom stereocenters. The van der Waals surface area contributed by atoms with Gasteiger partial charge in [-0.3, -0.25) is 0 Å². The molecule has 2 rings (SSSR count). The standard InChI is InChI=1S/C16H23N3O2/c1-4-19-13(7-8-17)11-18-16(19)10-12-5-6-14(20-2)15(9-12)21-3/h5-6,9,11H,4,7-8,10,17H2,1-3H3. The van der Waals surface area contributed by atoms with Crippen LogP contribution < -0.4 is 15.2 Å². The van der Waals surface area contributed by atoms with Crippen LogP contribution >= 0.6 is 0 Å². The van der Waals surface area contributed by atoms with Gasteiger partial charge in [0.25, 0.3) is 0 Å². The van der Waals surface area contributed by atoms with E-state index in [9.17, 15) is 0 Å². The number of benzene rings is 1. The predicted octanol–water partition coefficient (Wildman–Crippen LogP) is 2.01. The molecule has 5 nitrogen and oxygen atoms in total. The fourth-order valence-electron chi connectivity index (χ4n) is 2.50. The van der Waals surface area contributed by atoms with Gasteiger partial charge in [0.1, 0.15) is 5.82 Å². The molecular weight excluding hydrogens is 266 g/mol. The number of ether oxygens (including phenoxy) is 2. The van der Waals surface area contributed by atoms with Gasteiger partial charge in [-0.25, -0.2) is 4.98 Å². The lowest BCUT2D eigenvalue weighted by atomic mass is 10.1. The van der Waals surface area contributed by atoms with Crippen LogP contribution in [0, 0.1) is 0 Å².